The molecule has 0 radical (unpaired) electrons. The topological polar surface area (TPSA) is 0 Å². The zero-order valence-electron chi connectivity index (χ0n) is 5.83. The first-order chi connectivity index (χ1) is 5.45. The SMILES string of the molecule is C1=C2C=c3cc[se]c3=C2[Se]C1. The van der Waals surface area contributed by atoms with E-state index in [4.69, 9.17) is 0 Å². The van der Waals surface area contributed by atoms with Gasteiger partial charge in [-0.05, 0) is 0 Å². The van der Waals surface area contributed by atoms with E-state index in [1.165, 1.54) is 10.5 Å². The van der Waals surface area contributed by atoms with E-state index < -0.39 is 0 Å². The van der Waals surface area contributed by atoms with Gasteiger partial charge in [0, 0.05) is 0 Å². The molecule has 2 aliphatic rings. The molecule has 1 aliphatic heterocycles. The first kappa shape index (κ1) is 6.51. The van der Waals surface area contributed by atoms with E-state index in [1.807, 2.05) is 0 Å². The van der Waals surface area contributed by atoms with Crippen molar-refractivity contribution in [2.45, 2.75) is 5.32 Å². The monoisotopic (exact) mass is 274 g/mol. The summed E-state index contributed by atoms with van der Waals surface area (Å²) in [5.74, 6) is 0. The molecule has 0 N–H and O–H groups in total. The van der Waals surface area contributed by atoms with Gasteiger partial charge < -0.3 is 0 Å². The average molecular weight is 272 g/mol. The van der Waals surface area contributed by atoms with Crippen LogP contribution in [0, 0.1) is 0 Å². The second-order valence-corrected chi connectivity index (χ2v) is 6.73. The molecule has 2 heteroatoms. The zero-order valence-corrected chi connectivity index (χ0v) is 9.26. The first-order valence-electron chi connectivity index (χ1n) is 3.58. The Kier molecular flexibility index (Phi) is 1.33. The van der Waals surface area contributed by atoms with Crippen molar-refractivity contribution < 1.29 is 0 Å². The quantitative estimate of drug-likeness (QED) is 0.569. The summed E-state index contributed by atoms with van der Waals surface area (Å²) < 4.78 is 3.42. The second kappa shape index (κ2) is 2.24. The molecular formula is C9H6Se2. The zero-order chi connectivity index (χ0) is 7.26. The Hall–Kier alpha value is -0.00104. The Morgan fingerprint density at radius 1 is 1.36 bits per heavy atom. The number of hydrogen-bond donors (Lipinski definition) is 0. The molecule has 1 aliphatic carbocycles. The molecular weight excluding hydrogens is 266 g/mol. The number of fused-ring (bicyclic) bond motifs is 2. The van der Waals surface area contributed by atoms with Crippen LogP contribution in [0.25, 0.3) is 10.5 Å². The summed E-state index contributed by atoms with van der Waals surface area (Å²) in [4.78, 5) is 2.34. The fraction of sp³-hybridized carbons (Fsp3) is 0.111. The van der Waals surface area contributed by atoms with E-state index in [1.54, 1.807) is 14.1 Å². The Morgan fingerprint density at radius 2 is 2.36 bits per heavy atom. The molecule has 0 amide bonds. The summed E-state index contributed by atoms with van der Waals surface area (Å²) in [6.45, 7) is 0. The predicted octanol–water partition coefficient (Wildman–Crippen LogP) is -0.292. The molecule has 1 aromatic heterocycles. The molecule has 11 heavy (non-hydrogen) atoms. The first-order valence-corrected chi connectivity index (χ1v) is 7.49. The van der Waals surface area contributed by atoms with Crippen molar-refractivity contribution in [3.63, 3.8) is 0 Å². The summed E-state index contributed by atoms with van der Waals surface area (Å²) in [5.41, 5.74) is 1.56. The molecule has 0 nitrogen and oxygen atoms in total. The summed E-state index contributed by atoms with van der Waals surface area (Å²) in [5, 5.41) is 2.86. The summed E-state index contributed by atoms with van der Waals surface area (Å²) >= 11 is 1.44. The fourth-order valence-corrected chi connectivity index (χ4v) is 6.50. The van der Waals surface area contributed by atoms with Gasteiger partial charge in [0.05, 0.1) is 0 Å². The van der Waals surface area contributed by atoms with Gasteiger partial charge in [-0.1, -0.05) is 0 Å². The molecule has 1 aromatic rings. The van der Waals surface area contributed by atoms with E-state index in [0.29, 0.717) is 14.5 Å². The van der Waals surface area contributed by atoms with Crippen LogP contribution >= 0.6 is 0 Å². The van der Waals surface area contributed by atoms with E-state index in [2.05, 4.69) is 23.2 Å². The average Bonchev–Trinajstić information content (AvgIpc) is 2.52. The summed E-state index contributed by atoms with van der Waals surface area (Å²) in [6.07, 6.45) is 4.77. The third kappa shape index (κ3) is 0.816. The van der Waals surface area contributed by atoms with Crippen LogP contribution < -0.4 is 9.31 Å². The van der Waals surface area contributed by atoms with Gasteiger partial charge in [0.25, 0.3) is 0 Å². The van der Waals surface area contributed by atoms with Gasteiger partial charge in [0.2, 0.25) is 0 Å². The third-order valence-electron chi connectivity index (χ3n) is 2.01. The van der Waals surface area contributed by atoms with Crippen molar-refractivity contribution in [1.29, 1.82) is 0 Å². The molecule has 0 bridgehead atoms. The van der Waals surface area contributed by atoms with Crippen LogP contribution in [0.15, 0.2) is 22.7 Å². The van der Waals surface area contributed by atoms with Crippen LogP contribution in [0.4, 0.5) is 0 Å². The van der Waals surface area contributed by atoms with Gasteiger partial charge in [0.1, 0.15) is 0 Å². The number of allylic oxidation sites excluding steroid dienone is 2. The standard InChI is InChI=1S/C9H6Se2/c1-3-10-8-6(1)5-7-2-4-11-9(7)8/h1-3,5H,4H2. The van der Waals surface area contributed by atoms with Crippen LogP contribution in [0.5, 0.6) is 0 Å². The van der Waals surface area contributed by atoms with E-state index in [9.17, 15) is 0 Å². The van der Waals surface area contributed by atoms with Crippen molar-refractivity contribution in [2.24, 2.45) is 0 Å². The molecule has 0 atom stereocenters. The van der Waals surface area contributed by atoms with Crippen LogP contribution in [0.3, 0.4) is 0 Å². The molecule has 54 valence electrons. The molecule has 0 saturated carbocycles. The number of rotatable bonds is 0. The van der Waals surface area contributed by atoms with Gasteiger partial charge in [-0.25, -0.2) is 0 Å². The molecule has 0 fully saturated rings. The predicted molar refractivity (Wildman–Crippen MR) is 49.1 cm³/mol. The van der Waals surface area contributed by atoms with Crippen molar-refractivity contribution in [2.75, 3.05) is 0 Å². The van der Waals surface area contributed by atoms with Crippen molar-refractivity contribution in [3.05, 3.63) is 32.0 Å². The summed E-state index contributed by atoms with van der Waals surface area (Å²) in [7, 11) is 0. The van der Waals surface area contributed by atoms with Crippen molar-refractivity contribution >= 4 is 40.0 Å². The van der Waals surface area contributed by atoms with Crippen LogP contribution in [-0.2, 0) is 0 Å². The second-order valence-electron chi connectivity index (χ2n) is 2.65. The molecule has 0 spiro atoms. The summed E-state index contributed by atoms with van der Waals surface area (Å²) in [6, 6.07) is 2.29. The van der Waals surface area contributed by atoms with E-state index in [-0.39, 0.29) is 0 Å². The van der Waals surface area contributed by atoms with Crippen molar-refractivity contribution in [3.8, 4) is 0 Å². The van der Waals surface area contributed by atoms with Gasteiger partial charge in [-0.15, -0.1) is 0 Å². The Labute approximate surface area is 77.2 Å². The maximum absolute atomic E-state index is 2.40. The minimum atomic E-state index is 0.669. The van der Waals surface area contributed by atoms with E-state index >= 15 is 0 Å². The molecule has 2 heterocycles. The van der Waals surface area contributed by atoms with Gasteiger partial charge >= 0.3 is 77.3 Å². The molecule has 0 aromatic carbocycles. The molecule has 0 unspecified atom stereocenters. The normalized spacial score (nSPS) is 19.3. The van der Waals surface area contributed by atoms with Gasteiger partial charge in [0.15, 0.2) is 0 Å². The van der Waals surface area contributed by atoms with E-state index in [0.717, 1.165) is 15.0 Å². The Balaban J connectivity index is 2.55. The Morgan fingerprint density at radius 3 is 3.36 bits per heavy atom. The van der Waals surface area contributed by atoms with Gasteiger partial charge in [-0.3, -0.25) is 0 Å². The van der Waals surface area contributed by atoms with Crippen molar-refractivity contribution in [1.82, 2.24) is 0 Å². The fourth-order valence-electron chi connectivity index (χ4n) is 1.50. The van der Waals surface area contributed by atoms with Crippen LogP contribution in [0.1, 0.15) is 0 Å². The van der Waals surface area contributed by atoms with Crippen LogP contribution in [-0.4, -0.2) is 29.5 Å². The van der Waals surface area contributed by atoms with Crippen LogP contribution in [0.2, 0.25) is 5.32 Å². The van der Waals surface area contributed by atoms with Gasteiger partial charge in [-0.2, -0.15) is 0 Å². The number of hydrogen-bond acceptors (Lipinski definition) is 0. The third-order valence-corrected chi connectivity index (χ3v) is 6.88. The molecule has 0 saturated heterocycles. The molecule has 3 rings (SSSR count). The Bertz CT molecular complexity index is 448. The minimum absolute atomic E-state index is 0.669. The maximum atomic E-state index is 2.40.